The first-order chi connectivity index (χ1) is 30.3. The molecule has 2 aliphatic rings. The summed E-state index contributed by atoms with van der Waals surface area (Å²) in [5, 5.41) is 18.3. The number of hydrogen-bond acceptors (Lipinski definition) is 9. The minimum atomic E-state index is -1.03. The van der Waals surface area contributed by atoms with Crippen LogP contribution in [0.25, 0.3) is 11.1 Å². The summed E-state index contributed by atoms with van der Waals surface area (Å²) in [6.45, 7) is 0.538. The molecule has 13 nitrogen and oxygen atoms in total. The molecular formula is C49H56N4O9. The molecule has 13 heteroatoms. The Morgan fingerprint density at radius 1 is 0.790 bits per heavy atom. The first kappa shape index (κ1) is 45.1. The first-order valence-electron chi connectivity index (χ1n) is 21.4. The molecule has 1 heterocycles. The zero-order valence-corrected chi connectivity index (χ0v) is 34.9. The molecule has 326 valence electrons. The predicted molar refractivity (Wildman–Crippen MR) is 233 cm³/mol. The van der Waals surface area contributed by atoms with E-state index in [9.17, 15) is 29.1 Å². The summed E-state index contributed by atoms with van der Waals surface area (Å²) in [5.74, 6) is -2.22. The first-order valence-corrected chi connectivity index (χ1v) is 21.4. The molecule has 0 saturated carbocycles. The third kappa shape index (κ3) is 13.3. The number of allylic oxidation sites excluding steroid dienone is 2. The van der Waals surface area contributed by atoms with Crippen molar-refractivity contribution in [1.82, 2.24) is 20.9 Å². The summed E-state index contributed by atoms with van der Waals surface area (Å²) in [7, 11) is 0. The van der Waals surface area contributed by atoms with Gasteiger partial charge in [-0.25, -0.2) is 14.4 Å². The van der Waals surface area contributed by atoms with Crippen molar-refractivity contribution in [2.45, 2.75) is 76.1 Å². The number of rotatable bonds is 16. The van der Waals surface area contributed by atoms with E-state index < -0.39 is 36.2 Å². The number of benzene rings is 4. The van der Waals surface area contributed by atoms with Gasteiger partial charge in [0, 0.05) is 32.0 Å². The Labute approximate surface area is 362 Å². The van der Waals surface area contributed by atoms with Gasteiger partial charge >= 0.3 is 18.2 Å². The standard InChI is InChI=1S/C49H56N4O9/c54-29-28-53(31-35-16-4-1-5-17-35)45(55)30-37-20-8-3-9-26-44(52-49(59)62-34-43-41-24-12-10-22-39(41)40-23-11-13-25-42(40)43)47(57)60-33-38(51-46(37)56)21-14-15-27-50-48(58)61-32-36-18-6-2-7-19-36/h1-8,10-13,16-19,22-25,37-38,43-44,54H,9,14-15,20-21,26-34H2,(H,50,58)(H,51,56)(H,52,59). The van der Waals surface area contributed by atoms with Gasteiger partial charge in [-0.15, -0.1) is 0 Å². The largest absolute Gasteiger partial charge is 0.462 e. The van der Waals surface area contributed by atoms with Gasteiger partial charge in [-0.1, -0.05) is 121 Å². The van der Waals surface area contributed by atoms with Gasteiger partial charge in [-0.05, 0) is 71.9 Å². The van der Waals surface area contributed by atoms with Crippen LogP contribution >= 0.6 is 0 Å². The molecule has 3 atom stereocenters. The lowest BCUT2D eigenvalue weighted by atomic mass is 9.97. The van der Waals surface area contributed by atoms with Crippen molar-refractivity contribution in [3.05, 3.63) is 144 Å². The lowest BCUT2D eigenvalue weighted by molar-refractivity contribution is -0.147. The van der Waals surface area contributed by atoms with E-state index in [-0.39, 0.29) is 76.5 Å². The molecule has 1 aliphatic carbocycles. The number of aliphatic hydroxyl groups excluding tert-OH is 1. The molecule has 3 unspecified atom stereocenters. The molecule has 1 aliphatic heterocycles. The Bertz CT molecular complexity index is 2080. The fourth-order valence-corrected chi connectivity index (χ4v) is 7.79. The molecule has 4 N–H and O–H groups in total. The molecule has 62 heavy (non-hydrogen) atoms. The fourth-order valence-electron chi connectivity index (χ4n) is 7.79. The summed E-state index contributed by atoms with van der Waals surface area (Å²) < 4.78 is 16.8. The number of unbranched alkanes of at least 4 members (excludes halogenated alkanes) is 1. The van der Waals surface area contributed by atoms with Gasteiger partial charge < -0.3 is 40.2 Å². The van der Waals surface area contributed by atoms with Gasteiger partial charge in [0.15, 0.2) is 0 Å². The minimum Gasteiger partial charge on any atom is -0.462 e. The summed E-state index contributed by atoms with van der Waals surface area (Å²) >= 11 is 0. The van der Waals surface area contributed by atoms with Crippen LogP contribution in [0.15, 0.2) is 121 Å². The summed E-state index contributed by atoms with van der Waals surface area (Å²) in [5.41, 5.74) is 6.10. The van der Waals surface area contributed by atoms with Gasteiger partial charge in [-0.2, -0.15) is 0 Å². The molecule has 6 rings (SSSR count). The molecular weight excluding hydrogens is 789 g/mol. The lowest BCUT2D eigenvalue weighted by Gasteiger charge is -2.26. The molecule has 0 bridgehead atoms. The second-order valence-electron chi connectivity index (χ2n) is 15.6. The van der Waals surface area contributed by atoms with Crippen molar-refractivity contribution >= 4 is 30.0 Å². The van der Waals surface area contributed by atoms with Crippen molar-refractivity contribution < 1.29 is 43.3 Å². The van der Waals surface area contributed by atoms with Crippen molar-refractivity contribution in [2.24, 2.45) is 5.92 Å². The molecule has 0 fully saturated rings. The van der Waals surface area contributed by atoms with Crippen LogP contribution in [0.4, 0.5) is 9.59 Å². The molecule has 4 aromatic rings. The average Bonchev–Trinajstić information content (AvgIpc) is 3.61. The molecule has 4 amide bonds. The van der Waals surface area contributed by atoms with E-state index in [0.29, 0.717) is 32.2 Å². The van der Waals surface area contributed by atoms with Crippen LogP contribution in [0.1, 0.15) is 73.1 Å². The number of fused-ring (bicyclic) bond motifs is 3. The van der Waals surface area contributed by atoms with Crippen LogP contribution < -0.4 is 16.0 Å². The smallest absolute Gasteiger partial charge is 0.407 e. The summed E-state index contributed by atoms with van der Waals surface area (Å²) in [6.07, 6.45) is 4.57. The quantitative estimate of drug-likeness (QED) is 0.0411. The number of carbonyl (C=O) groups is 5. The van der Waals surface area contributed by atoms with Crippen LogP contribution in [-0.2, 0) is 41.7 Å². The number of cyclic esters (lactones) is 1. The molecule has 4 aromatic carbocycles. The maximum atomic E-state index is 13.9. The highest BCUT2D eigenvalue weighted by atomic mass is 16.6. The number of nitrogens with one attached hydrogen (secondary N) is 3. The highest BCUT2D eigenvalue weighted by molar-refractivity contribution is 5.86. The van der Waals surface area contributed by atoms with E-state index in [2.05, 4.69) is 28.1 Å². The van der Waals surface area contributed by atoms with E-state index >= 15 is 0 Å². The van der Waals surface area contributed by atoms with Crippen molar-refractivity contribution in [3.8, 4) is 11.1 Å². The normalized spacial score (nSPS) is 17.7. The number of aliphatic hydroxyl groups is 1. The Hall–Kier alpha value is -6.47. The Balaban J connectivity index is 1.09. The van der Waals surface area contributed by atoms with Gasteiger partial charge in [0.25, 0.3) is 0 Å². The zero-order valence-electron chi connectivity index (χ0n) is 34.9. The number of hydrogen-bond donors (Lipinski definition) is 4. The van der Waals surface area contributed by atoms with Crippen LogP contribution in [0.5, 0.6) is 0 Å². The van der Waals surface area contributed by atoms with Crippen LogP contribution in [-0.4, -0.2) is 85.0 Å². The van der Waals surface area contributed by atoms with Gasteiger partial charge in [-0.3, -0.25) is 9.59 Å². The average molecular weight is 845 g/mol. The second-order valence-corrected chi connectivity index (χ2v) is 15.6. The molecule has 0 radical (unpaired) electrons. The highest BCUT2D eigenvalue weighted by Gasteiger charge is 2.31. The Kier molecular flexibility index (Phi) is 17.1. The highest BCUT2D eigenvalue weighted by Crippen LogP contribution is 2.44. The van der Waals surface area contributed by atoms with E-state index in [4.69, 9.17) is 14.2 Å². The van der Waals surface area contributed by atoms with Crippen LogP contribution in [0.3, 0.4) is 0 Å². The number of nitrogens with zero attached hydrogens (tertiary/aromatic N) is 1. The van der Waals surface area contributed by atoms with Gasteiger partial charge in [0.1, 0.15) is 25.9 Å². The van der Waals surface area contributed by atoms with Crippen LogP contribution in [0.2, 0.25) is 0 Å². The van der Waals surface area contributed by atoms with E-state index in [1.165, 1.54) is 0 Å². The maximum Gasteiger partial charge on any atom is 0.407 e. The number of esters is 1. The fraction of sp³-hybridized carbons (Fsp3) is 0.367. The third-order valence-electron chi connectivity index (χ3n) is 11.1. The predicted octanol–water partition coefficient (Wildman–Crippen LogP) is 6.79. The number of carbonyl (C=O) groups excluding carboxylic acids is 5. The lowest BCUT2D eigenvalue weighted by Crippen LogP contribution is -2.46. The van der Waals surface area contributed by atoms with Gasteiger partial charge in [0.2, 0.25) is 11.8 Å². The summed E-state index contributed by atoms with van der Waals surface area (Å²) in [4.78, 5) is 68.4. The van der Waals surface area contributed by atoms with Crippen LogP contribution in [0, 0.1) is 5.92 Å². The molecule has 0 aromatic heterocycles. The zero-order chi connectivity index (χ0) is 43.5. The van der Waals surface area contributed by atoms with Crippen molar-refractivity contribution in [2.75, 3.05) is 32.9 Å². The number of ether oxygens (including phenoxy) is 3. The Morgan fingerprint density at radius 3 is 2.15 bits per heavy atom. The van der Waals surface area contributed by atoms with E-state index in [1.54, 1.807) is 4.90 Å². The number of alkyl carbamates (subject to hydrolysis) is 2. The monoisotopic (exact) mass is 844 g/mol. The van der Waals surface area contributed by atoms with Crippen molar-refractivity contribution in [1.29, 1.82) is 0 Å². The van der Waals surface area contributed by atoms with E-state index in [0.717, 1.165) is 33.4 Å². The maximum absolute atomic E-state index is 13.9. The van der Waals surface area contributed by atoms with Crippen molar-refractivity contribution in [3.63, 3.8) is 0 Å². The molecule has 0 spiro atoms. The third-order valence-corrected chi connectivity index (χ3v) is 11.1. The number of amides is 4. The minimum absolute atomic E-state index is 0.0798. The van der Waals surface area contributed by atoms with Gasteiger partial charge in [0.05, 0.1) is 18.6 Å². The Morgan fingerprint density at radius 2 is 1.45 bits per heavy atom. The summed E-state index contributed by atoms with van der Waals surface area (Å²) in [6, 6.07) is 33.2. The molecule has 0 saturated heterocycles. The van der Waals surface area contributed by atoms with E-state index in [1.807, 2.05) is 109 Å². The second kappa shape index (κ2) is 23.5. The SMILES string of the molecule is O=C(NCCCCC1COC(=O)C(NC(=O)OCC2c3ccccc3-c3ccccc32)CCC=CCC(CC(=O)N(CCO)Cc2ccccc2)C(=O)N1)OCc1ccccc1. The topological polar surface area (TPSA) is 173 Å².